The molecule has 3 heterocycles. The summed E-state index contributed by atoms with van der Waals surface area (Å²) >= 11 is 6.42. The summed E-state index contributed by atoms with van der Waals surface area (Å²) in [5.74, 6) is -0.0318. The minimum Gasteiger partial charge on any atom is -0.371 e. The van der Waals surface area contributed by atoms with Gasteiger partial charge in [0.2, 0.25) is 0 Å². The molecular formula is C26H25ClN4O. The number of carbonyl (C=O) groups excluding carboxylic acids is 1. The molecule has 0 atom stereocenters. The first kappa shape index (κ1) is 20.6. The molecule has 0 spiro atoms. The number of rotatable bonds is 5. The van der Waals surface area contributed by atoms with E-state index in [-0.39, 0.29) is 11.9 Å². The second kappa shape index (κ2) is 9.05. The average Bonchev–Trinajstić information content (AvgIpc) is 3.20. The lowest BCUT2D eigenvalue weighted by Gasteiger charge is -2.33. The highest BCUT2D eigenvalue weighted by Crippen LogP contribution is 2.25. The van der Waals surface area contributed by atoms with Crippen LogP contribution in [-0.4, -0.2) is 34.6 Å². The maximum Gasteiger partial charge on any atom is 0.268 e. The number of nitrogens with one attached hydrogen (secondary N) is 1. The number of halogens is 1. The second-order valence-corrected chi connectivity index (χ2v) is 8.61. The molecule has 1 fully saturated rings. The summed E-state index contributed by atoms with van der Waals surface area (Å²) in [7, 11) is 0. The number of piperidine rings is 1. The first-order valence-corrected chi connectivity index (χ1v) is 11.3. The molecule has 1 saturated heterocycles. The van der Waals surface area contributed by atoms with Crippen molar-refractivity contribution >= 4 is 34.1 Å². The smallest absolute Gasteiger partial charge is 0.268 e. The van der Waals surface area contributed by atoms with Crippen molar-refractivity contribution in [2.45, 2.75) is 25.4 Å². The maximum absolute atomic E-state index is 13.3. The first-order chi connectivity index (χ1) is 15.7. The van der Waals surface area contributed by atoms with Crippen molar-refractivity contribution in [3.8, 4) is 0 Å². The van der Waals surface area contributed by atoms with Crippen molar-refractivity contribution < 1.29 is 4.79 Å². The first-order valence-electron chi connectivity index (χ1n) is 11.0. The van der Waals surface area contributed by atoms with E-state index in [1.807, 2.05) is 73.1 Å². The van der Waals surface area contributed by atoms with Gasteiger partial charge in [0.05, 0.1) is 0 Å². The summed E-state index contributed by atoms with van der Waals surface area (Å²) in [6.45, 7) is 2.38. The van der Waals surface area contributed by atoms with Gasteiger partial charge in [-0.1, -0.05) is 48.0 Å². The van der Waals surface area contributed by atoms with Crippen LogP contribution in [0.15, 0.2) is 79.1 Å². The van der Waals surface area contributed by atoms with Gasteiger partial charge in [-0.2, -0.15) is 0 Å². The van der Waals surface area contributed by atoms with Crippen LogP contribution in [0.25, 0.3) is 10.9 Å². The van der Waals surface area contributed by atoms with Crippen LogP contribution in [0.2, 0.25) is 5.02 Å². The number of amides is 1. The molecule has 5 nitrogen and oxygen atoms in total. The molecule has 1 amide bonds. The van der Waals surface area contributed by atoms with Crippen LogP contribution in [0, 0.1) is 0 Å². The summed E-state index contributed by atoms with van der Waals surface area (Å²) in [6, 6.07) is 22.1. The Morgan fingerprint density at radius 3 is 2.50 bits per heavy atom. The van der Waals surface area contributed by atoms with Crippen molar-refractivity contribution in [3.05, 3.63) is 95.4 Å². The van der Waals surface area contributed by atoms with Crippen molar-refractivity contribution in [2.24, 2.45) is 0 Å². The molecule has 0 saturated carbocycles. The molecular weight excluding hydrogens is 420 g/mol. The van der Waals surface area contributed by atoms with E-state index in [1.165, 1.54) is 5.69 Å². The van der Waals surface area contributed by atoms with Crippen molar-refractivity contribution in [2.75, 3.05) is 18.0 Å². The van der Waals surface area contributed by atoms with E-state index in [2.05, 4.69) is 25.8 Å². The third-order valence-electron chi connectivity index (χ3n) is 6.19. The van der Waals surface area contributed by atoms with Crippen LogP contribution in [0.5, 0.6) is 0 Å². The second-order valence-electron chi connectivity index (χ2n) is 8.21. The van der Waals surface area contributed by atoms with Crippen LogP contribution < -0.4 is 10.2 Å². The molecule has 162 valence electrons. The molecule has 2 aromatic carbocycles. The Kier molecular flexibility index (Phi) is 5.82. The Labute approximate surface area is 192 Å². The lowest BCUT2D eigenvalue weighted by atomic mass is 10.0. The summed E-state index contributed by atoms with van der Waals surface area (Å²) < 4.78 is 2.07. The Bertz CT molecular complexity index is 1230. The van der Waals surface area contributed by atoms with Crippen LogP contribution in [0.4, 0.5) is 5.69 Å². The highest BCUT2D eigenvalue weighted by atomic mass is 35.5. The topological polar surface area (TPSA) is 50.2 Å². The average molecular weight is 445 g/mol. The molecule has 4 aromatic rings. The molecule has 1 aliphatic rings. The fourth-order valence-electron chi connectivity index (χ4n) is 4.46. The Morgan fingerprint density at radius 1 is 1.00 bits per heavy atom. The van der Waals surface area contributed by atoms with Gasteiger partial charge in [-0.25, -0.2) is 0 Å². The Balaban J connectivity index is 1.34. The number of benzene rings is 2. The zero-order chi connectivity index (χ0) is 21.9. The van der Waals surface area contributed by atoms with Gasteiger partial charge in [-0.15, -0.1) is 0 Å². The summed E-state index contributed by atoms with van der Waals surface area (Å²) in [5, 5.41) is 5.04. The maximum atomic E-state index is 13.3. The van der Waals surface area contributed by atoms with Crippen LogP contribution >= 0.6 is 11.6 Å². The van der Waals surface area contributed by atoms with E-state index in [1.54, 1.807) is 0 Å². The van der Waals surface area contributed by atoms with Crippen molar-refractivity contribution in [1.82, 2.24) is 14.9 Å². The van der Waals surface area contributed by atoms with Gasteiger partial charge in [-0.05, 0) is 48.7 Å². The van der Waals surface area contributed by atoms with Gasteiger partial charge >= 0.3 is 0 Å². The van der Waals surface area contributed by atoms with E-state index in [9.17, 15) is 4.79 Å². The zero-order valence-electron chi connectivity index (χ0n) is 17.7. The summed E-state index contributed by atoms with van der Waals surface area (Å²) in [5.41, 5.74) is 3.88. The minimum atomic E-state index is -0.0318. The van der Waals surface area contributed by atoms with Gasteiger partial charge in [0.25, 0.3) is 5.91 Å². The largest absolute Gasteiger partial charge is 0.371 e. The van der Waals surface area contributed by atoms with Gasteiger partial charge in [-0.3, -0.25) is 9.78 Å². The fraction of sp³-hybridized carbons (Fsp3) is 0.231. The van der Waals surface area contributed by atoms with E-state index in [0.717, 1.165) is 42.4 Å². The number of nitrogens with zero attached hydrogens (tertiary/aromatic N) is 3. The number of anilines is 1. The molecule has 0 unspecified atom stereocenters. The lowest BCUT2D eigenvalue weighted by molar-refractivity contribution is 0.0922. The number of hydrogen-bond donors (Lipinski definition) is 1. The van der Waals surface area contributed by atoms with E-state index < -0.39 is 0 Å². The number of carbonyl (C=O) groups is 1. The van der Waals surface area contributed by atoms with Gasteiger partial charge in [0.1, 0.15) is 5.69 Å². The van der Waals surface area contributed by atoms with E-state index >= 15 is 0 Å². The fourth-order valence-corrected chi connectivity index (χ4v) is 4.66. The van der Waals surface area contributed by atoms with Gasteiger partial charge in [0.15, 0.2) is 0 Å². The van der Waals surface area contributed by atoms with E-state index in [0.29, 0.717) is 17.3 Å². The molecule has 0 radical (unpaired) electrons. The SMILES string of the molecule is O=C(NC1CCN(c2ccncc2)CC1)c1cc2ccccc2n1Cc1ccccc1Cl. The molecule has 2 aromatic heterocycles. The predicted octanol–water partition coefficient (Wildman–Crippen LogP) is 5.14. The summed E-state index contributed by atoms with van der Waals surface area (Å²) in [4.78, 5) is 19.8. The van der Waals surface area contributed by atoms with Gasteiger partial charge < -0.3 is 14.8 Å². The molecule has 32 heavy (non-hydrogen) atoms. The normalized spacial score (nSPS) is 14.6. The number of para-hydroxylation sites is 1. The molecule has 0 aliphatic carbocycles. The number of pyridine rings is 1. The minimum absolute atomic E-state index is 0.0318. The predicted molar refractivity (Wildman–Crippen MR) is 129 cm³/mol. The molecule has 5 rings (SSSR count). The third-order valence-corrected chi connectivity index (χ3v) is 6.56. The Morgan fingerprint density at radius 2 is 1.72 bits per heavy atom. The standard InChI is InChI=1S/C26H25ClN4O/c27-23-7-3-1-6-20(23)18-31-24-8-4-2-5-19(24)17-25(31)26(32)29-21-11-15-30(16-12-21)22-9-13-28-14-10-22/h1-10,13-14,17,21H,11-12,15-16,18H2,(H,29,32). The number of fused-ring (bicyclic) bond motifs is 1. The quantitative estimate of drug-likeness (QED) is 0.464. The van der Waals surface area contributed by atoms with Crippen LogP contribution in [0.1, 0.15) is 28.9 Å². The lowest BCUT2D eigenvalue weighted by Crippen LogP contribution is -2.45. The van der Waals surface area contributed by atoms with Crippen molar-refractivity contribution in [1.29, 1.82) is 0 Å². The molecule has 0 bridgehead atoms. The van der Waals surface area contributed by atoms with Crippen LogP contribution in [-0.2, 0) is 6.54 Å². The third kappa shape index (κ3) is 4.21. The van der Waals surface area contributed by atoms with E-state index in [4.69, 9.17) is 11.6 Å². The van der Waals surface area contributed by atoms with Crippen LogP contribution in [0.3, 0.4) is 0 Å². The zero-order valence-corrected chi connectivity index (χ0v) is 18.5. The number of hydrogen-bond acceptors (Lipinski definition) is 3. The molecule has 6 heteroatoms. The molecule has 1 N–H and O–H groups in total. The summed E-state index contributed by atoms with van der Waals surface area (Å²) in [6.07, 6.45) is 5.47. The monoisotopic (exact) mass is 444 g/mol. The number of aromatic nitrogens is 2. The van der Waals surface area contributed by atoms with Gasteiger partial charge in [0, 0.05) is 59.7 Å². The van der Waals surface area contributed by atoms with Crippen molar-refractivity contribution in [3.63, 3.8) is 0 Å². The highest BCUT2D eigenvalue weighted by molar-refractivity contribution is 6.31. The Hall–Kier alpha value is -3.31. The highest BCUT2D eigenvalue weighted by Gasteiger charge is 2.23. The molecule has 1 aliphatic heterocycles.